The number of fused-ring (bicyclic) bond motifs is 1. The van der Waals surface area contributed by atoms with E-state index < -0.39 is 16.5 Å². The first kappa shape index (κ1) is 17.2. The van der Waals surface area contributed by atoms with Crippen molar-refractivity contribution in [1.82, 2.24) is 5.32 Å². The maximum Gasteiger partial charge on any atom is 0.344 e. The normalized spacial score (nSPS) is 10.5. The second-order valence-corrected chi connectivity index (χ2v) is 5.46. The van der Waals surface area contributed by atoms with Gasteiger partial charge in [0.05, 0.1) is 17.4 Å². The number of ether oxygens (including phenoxy) is 1. The lowest BCUT2D eigenvalue weighted by atomic mass is 10.1. The summed E-state index contributed by atoms with van der Waals surface area (Å²) in [5.41, 5.74) is -0.0717. The minimum absolute atomic E-state index is 0.169. The number of nitrogens with zero attached hydrogens (tertiary/aromatic N) is 1. The molecule has 0 radical (unpaired) electrons. The molecule has 0 fully saturated rings. The molecular formula is C18H14N2O6. The summed E-state index contributed by atoms with van der Waals surface area (Å²) in [6.45, 7) is 0.222. The molecule has 1 N–H and O–H groups in total. The van der Waals surface area contributed by atoms with E-state index in [4.69, 9.17) is 9.15 Å². The predicted octanol–water partition coefficient (Wildman–Crippen LogP) is 2.64. The Balaban J connectivity index is 1.82. The Labute approximate surface area is 147 Å². The van der Waals surface area contributed by atoms with Crippen LogP contribution in [0.3, 0.4) is 0 Å². The van der Waals surface area contributed by atoms with Crippen LogP contribution in [0.2, 0.25) is 0 Å². The van der Waals surface area contributed by atoms with E-state index in [1.54, 1.807) is 31.4 Å². The number of rotatable bonds is 5. The molecule has 3 aromatic rings. The third-order valence-corrected chi connectivity index (χ3v) is 3.79. The molecule has 1 heterocycles. The molecule has 0 saturated carbocycles. The average Bonchev–Trinajstić information content (AvgIpc) is 2.65. The molecule has 2 aromatic carbocycles. The van der Waals surface area contributed by atoms with Crippen molar-refractivity contribution in [3.05, 3.63) is 80.4 Å². The average molecular weight is 354 g/mol. The van der Waals surface area contributed by atoms with Gasteiger partial charge in [0.25, 0.3) is 11.6 Å². The third-order valence-electron chi connectivity index (χ3n) is 3.79. The number of nitro groups is 1. The highest BCUT2D eigenvalue weighted by molar-refractivity contribution is 5.95. The number of non-ortho nitro benzene ring substituents is 1. The number of carbonyl (C=O) groups excluding carboxylic acids is 1. The van der Waals surface area contributed by atoms with Gasteiger partial charge >= 0.3 is 5.63 Å². The summed E-state index contributed by atoms with van der Waals surface area (Å²) in [7, 11) is 1.56. The number of methoxy groups -OCH3 is 1. The molecule has 8 heteroatoms. The number of carbonyl (C=O) groups is 1. The molecule has 3 rings (SSSR count). The minimum Gasteiger partial charge on any atom is -0.497 e. The lowest BCUT2D eigenvalue weighted by molar-refractivity contribution is -0.384. The topological polar surface area (TPSA) is 112 Å². The number of hydrogen-bond acceptors (Lipinski definition) is 6. The maximum absolute atomic E-state index is 12.3. The number of nitrogens with one attached hydrogen (secondary N) is 1. The number of nitro benzene ring substituents is 1. The van der Waals surface area contributed by atoms with Gasteiger partial charge in [0.15, 0.2) is 5.76 Å². The third kappa shape index (κ3) is 3.54. The van der Waals surface area contributed by atoms with E-state index in [2.05, 4.69) is 5.32 Å². The number of hydrogen-bond donors (Lipinski definition) is 1. The second kappa shape index (κ2) is 7.06. The van der Waals surface area contributed by atoms with Gasteiger partial charge in [0.2, 0.25) is 0 Å². The monoisotopic (exact) mass is 354 g/mol. The van der Waals surface area contributed by atoms with Gasteiger partial charge in [-0.25, -0.2) is 4.79 Å². The summed E-state index contributed by atoms with van der Waals surface area (Å²) in [4.78, 5) is 34.6. The Morgan fingerprint density at radius 3 is 2.58 bits per heavy atom. The summed E-state index contributed by atoms with van der Waals surface area (Å²) in [6, 6.07) is 12.2. The quantitative estimate of drug-likeness (QED) is 0.557. The van der Waals surface area contributed by atoms with Crippen LogP contribution in [0.4, 0.5) is 5.69 Å². The molecule has 0 bridgehead atoms. The van der Waals surface area contributed by atoms with Gasteiger partial charge in [-0.05, 0) is 35.2 Å². The van der Waals surface area contributed by atoms with Gasteiger partial charge in [-0.1, -0.05) is 12.1 Å². The molecule has 0 aliphatic carbocycles. The van der Waals surface area contributed by atoms with Crippen LogP contribution < -0.4 is 15.7 Å². The van der Waals surface area contributed by atoms with Gasteiger partial charge in [-0.3, -0.25) is 14.9 Å². The largest absolute Gasteiger partial charge is 0.497 e. The summed E-state index contributed by atoms with van der Waals surface area (Å²) < 4.78 is 10.1. The van der Waals surface area contributed by atoms with Crippen LogP contribution in [0.1, 0.15) is 16.1 Å². The van der Waals surface area contributed by atoms with Crippen molar-refractivity contribution in [2.24, 2.45) is 0 Å². The van der Waals surface area contributed by atoms with Crippen molar-refractivity contribution in [2.75, 3.05) is 7.11 Å². The Morgan fingerprint density at radius 2 is 1.92 bits per heavy atom. The second-order valence-electron chi connectivity index (χ2n) is 5.46. The maximum atomic E-state index is 12.3. The molecule has 0 spiro atoms. The van der Waals surface area contributed by atoms with Crippen LogP contribution >= 0.6 is 0 Å². The van der Waals surface area contributed by atoms with Crippen LogP contribution in [0.5, 0.6) is 5.75 Å². The van der Waals surface area contributed by atoms with Gasteiger partial charge < -0.3 is 14.5 Å². The van der Waals surface area contributed by atoms with E-state index in [1.807, 2.05) is 0 Å². The smallest absolute Gasteiger partial charge is 0.344 e. The Morgan fingerprint density at radius 1 is 1.19 bits per heavy atom. The van der Waals surface area contributed by atoms with E-state index >= 15 is 0 Å². The van der Waals surface area contributed by atoms with Gasteiger partial charge in [0.1, 0.15) is 5.75 Å². The molecule has 132 valence electrons. The van der Waals surface area contributed by atoms with Crippen LogP contribution in [0.25, 0.3) is 10.8 Å². The Kier molecular flexibility index (Phi) is 4.66. The molecule has 26 heavy (non-hydrogen) atoms. The molecule has 1 aromatic heterocycles. The predicted molar refractivity (Wildman–Crippen MR) is 93.3 cm³/mol. The first-order chi connectivity index (χ1) is 12.5. The molecule has 0 unspecified atom stereocenters. The summed E-state index contributed by atoms with van der Waals surface area (Å²) in [5, 5.41) is 13.9. The molecule has 0 atom stereocenters. The minimum atomic E-state index is -0.730. The summed E-state index contributed by atoms with van der Waals surface area (Å²) >= 11 is 0. The van der Waals surface area contributed by atoms with Gasteiger partial charge in [0, 0.05) is 18.7 Å². The van der Waals surface area contributed by atoms with Crippen molar-refractivity contribution >= 4 is 22.4 Å². The highest BCUT2D eigenvalue weighted by atomic mass is 16.6. The van der Waals surface area contributed by atoms with Crippen molar-refractivity contribution in [3.8, 4) is 5.75 Å². The first-order valence-corrected chi connectivity index (χ1v) is 7.61. The van der Waals surface area contributed by atoms with Crippen molar-refractivity contribution < 1.29 is 18.9 Å². The first-order valence-electron chi connectivity index (χ1n) is 7.61. The fraction of sp³-hybridized carbons (Fsp3) is 0.111. The highest BCUT2D eigenvalue weighted by Gasteiger charge is 2.14. The van der Waals surface area contributed by atoms with Gasteiger partial charge in [-0.15, -0.1) is 0 Å². The lowest BCUT2D eigenvalue weighted by Gasteiger charge is -2.06. The molecule has 0 saturated heterocycles. The fourth-order valence-electron chi connectivity index (χ4n) is 2.42. The van der Waals surface area contributed by atoms with Crippen LogP contribution in [0.15, 0.2) is 57.7 Å². The van der Waals surface area contributed by atoms with E-state index in [-0.39, 0.29) is 28.8 Å². The molecule has 8 nitrogen and oxygen atoms in total. The van der Waals surface area contributed by atoms with E-state index in [0.717, 1.165) is 5.56 Å². The van der Waals surface area contributed by atoms with Crippen molar-refractivity contribution in [3.63, 3.8) is 0 Å². The van der Waals surface area contributed by atoms with Crippen LogP contribution in [-0.2, 0) is 6.54 Å². The van der Waals surface area contributed by atoms with Gasteiger partial charge in [-0.2, -0.15) is 0 Å². The zero-order valence-corrected chi connectivity index (χ0v) is 13.7. The van der Waals surface area contributed by atoms with E-state index in [0.29, 0.717) is 5.75 Å². The lowest BCUT2D eigenvalue weighted by Crippen LogP contribution is -2.24. The van der Waals surface area contributed by atoms with Crippen molar-refractivity contribution in [1.29, 1.82) is 0 Å². The summed E-state index contributed by atoms with van der Waals surface area (Å²) in [5.74, 6) is -0.106. The standard InChI is InChI=1S/C18H14N2O6/c1-25-14-5-2-11(3-6-14)10-19-17(21)16-9-12-8-13(20(23)24)4-7-15(12)18(22)26-16/h2-9H,10H2,1H3,(H,19,21). The SMILES string of the molecule is COc1ccc(CNC(=O)c2cc3cc([N+](=O)[O-])ccc3c(=O)o2)cc1. The zero-order chi connectivity index (χ0) is 18.7. The van der Waals surface area contributed by atoms with Crippen LogP contribution in [0, 0.1) is 10.1 Å². The fourth-order valence-corrected chi connectivity index (χ4v) is 2.42. The Hall–Kier alpha value is -3.68. The van der Waals surface area contributed by atoms with E-state index in [1.165, 1.54) is 24.3 Å². The highest BCUT2D eigenvalue weighted by Crippen LogP contribution is 2.19. The number of benzene rings is 2. The molecular weight excluding hydrogens is 340 g/mol. The van der Waals surface area contributed by atoms with Crippen LogP contribution in [-0.4, -0.2) is 17.9 Å². The Bertz CT molecular complexity index is 1040. The molecule has 0 aliphatic rings. The summed E-state index contributed by atoms with van der Waals surface area (Å²) in [6.07, 6.45) is 0. The van der Waals surface area contributed by atoms with Crippen molar-refractivity contribution in [2.45, 2.75) is 6.54 Å². The zero-order valence-electron chi connectivity index (χ0n) is 13.7. The molecule has 0 aliphatic heterocycles. The number of amides is 1. The van der Waals surface area contributed by atoms with E-state index in [9.17, 15) is 19.7 Å². The molecule has 1 amide bonds.